The molecule has 0 aliphatic rings. The minimum Gasteiger partial charge on any atom is -0.511 e. The first-order chi connectivity index (χ1) is 35.0. The van der Waals surface area contributed by atoms with Crippen molar-refractivity contribution < 1.29 is 43.8 Å². The minimum atomic E-state index is -0.569. The van der Waals surface area contributed by atoms with Crippen molar-refractivity contribution in [3.63, 3.8) is 0 Å². The van der Waals surface area contributed by atoms with Gasteiger partial charge in [0.05, 0.1) is 36.0 Å². The number of imidazole rings is 1. The Bertz CT molecular complexity index is 4200. The van der Waals surface area contributed by atoms with E-state index in [1.165, 1.54) is 0 Å². The molecule has 0 aliphatic carbocycles. The molecule has 4 aromatic heterocycles. The van der Waals surface area contributed by atoms with Gasteiger partial charge in [0, 0.05) is 38.4 Å². The van der Waals surface area contributed by atoms with Gasteiger partial charge in [0.15, 0.2) is 0 Å². The molecular weight excluding hydrogens is 964 g/mol. The van der Waals surface area contributed by atoms with E-state index in [4.69, 9.17) is 23.1 Å². The van der Waals surface area contributed by atoms with E-state index in [-0.39, 0.29) is 54.4 Å². The number of furan rings is 1. The molecule has 0 atom stereocenters. The molecule has 8 aromatic carbocycles. The van der Waals surface area contributed by atoms with Crippen LogP contribution >= 0.6 is 0 Å². The molecule has 0 saturated heterocycles. The summed E-state index contributed by atoms with van der Waals surface area (Å²) in [7, 11) is 0. The van der Waals surface area contributed by atoms with Crippen LogP contribution in [0.25, 0.3) is 105 Å². The Labute approximate surface area is 399 Å². The van der Waals surface area contributed by atoms with Gasteiger partial charge in [-0.05, 0) is 74.1 Å². The van der Waals surface area contributed by atoms with E-state index in [0.717, 1.165) is 55.1 Å². The van der Waals surface area contributed by atoms with Crippen LogP contribution in [0.15, 0.2) is 192 Å². The van der Waals surface area contributed by atoms with Crippen LogP contribution in [0.4, 0.5) is 0 Å². The van der Waals surface area contributed by atoms with Gasteiger partial charge in [-0.25, -0.2) is 4.98 Å². The zero-order valence-electron chi connectivity index (χ0n) is 44.6. The Balaban J connectivity index is 0.00000588. The number of fused-ring (bicyclic) bond motifs is 7. The zero-order chi connectivity index (χ0) is 50.9. The molecule has 0 bridgehead atoms. The second kappa shape index (κ2) is 15.5. The molecule has 6 heteroatoms. The number of para-hydroxylation sites is 4. The summed E-state index contributed by atoms with van der Waals surface area (Å²) in [4.78, 5) is 4.88. The van der Waals surface area contributed by atoms with Gasteiger partial charge in [-0.2, -0.15) is 5.56 Å². The SMILES string of the molecule is [2H]c1c([2H])c([2H])c(-c2cccc(-c3c([2H])c([2H])c([2H])c([2H])c3[2H])c2-[n+]2[c-]n(-c3[c-]c(-c4cccc5oc6cc7c8ccccc8n(-c8cc(C(C)(C)C)ccn8)c7[c-]c6c45)ccc3)c3ccccc32)c([2H])c1[2H].[Pt]. The predicted molar refractivity (Wildman–Crippen MR) is 256 cm³/mol. The molecule has 0 aliphatic heterocycles. The third kappa shape index (κ3) is 6.42. The van der Waals surface area contributed by atoms with Crippen molar-refractivity contribution in [3.8, 4) is 50.6 Å². The fraction of sp³-hybridized carbons (Fsp3) is 0.0690. The largest absolute Gasteiger partial charge is 0.511 e. The Morgan fingerprint density at radius 2 is 1.31 bits per heavy atom. The molecule has 310 valence electrons. The van der Waals surface area contributed by atoms with E-state index in [9.17, 15) is 0 Å². The van der Waals surface area contributed by atoms with Gasteiger partial charge in [-0.1, -0.05) is 165 Å². The normalized spacial score (nSPS) is 14.0. The van der Waals surface area contributed by atoms with Crippen LogP contribution in [-0.4, -0.2) is 14.1 Å². The number of pyridine rings is 1. The second-order valence-corrected chi connectivity index (χ2v) is 16.5. The summed E-state index contributed by atoms with van der Waals surface area (Å²) in [5, 5.41) is 3.65. The van der Waals surface area contributed by atoms with Crippen molar-refractivity contribution in [2.24, 2.45) is 0 Å². The summed E-state index contributed by atoms with van der Waals surface area (Å²) in [5.41, 5.74) is 7.79. The fourth-order valence-corrected chi connectivity index (χ4v) is 8.75. The molecule has 4 heterocycles. The van der Waals surface area contributed by atoms with E-state index in [1.54, 1.807) is 27.3 Å². The van der Waals surface area contributed by atoms with Crippen LogP contribution in [0.3, 0.4) is 0 Å². The number of hydrogen-bond donors (Lipinski definition) is 0. The summed E-state index contributed by atoms with van der Waals surface area (Å²) in [5.74, 6) is 0.784. The minimum absolute atomic E-state index is 0. The predicted octanol–water partition coefficient (Wildman–Crippen LogP) is 14.0. The summed E-state index contributed by atoms with van der Waals surface area (Å²) in [6.07, 6.45) is 5.33. The van der Waals surface area contributed by atoms with Crippen LogP contribution in [0.2, 0.25) is 0 Å². The quantitative estimate of drug-likeness (QED) is 0.123. The molecule has 0 N–H and O–H groups in total. The standard InChI is InChI=1S/C58H40N4O.Pt/c1-58(2,3)41-31-32-59-55(34-41)62-49-27-11-10-23-46(49)47-36-54-48(35-52(47)62)56-43(24-16-30-53(56)63-54)40-21-14-22-42(33-40)60-37-61(51-29-13-12-28-50(51)60)57-44(38-17-6-4-7-18-38)25-15-26-45(57)39-19-8-5-9-20-39;/h4-32,34,36H,1-3H3;/q-2;/i4D,5D,6D,7D,8D,9D,17D,18D,19D,20D;. The maximum absolute atomic E-state index is 9.06. The van der Waals surface area contributed by atoms with Gasteiger partial charge < -0.3 is 13.6 Å². The summed E-state index contributed by atoms with van der Waals surface area (Å²) in [6.45, 7) is 6.56. The third-order valence-electron chi connectivity index (χ3n) is 11.7. The van der Waals surface area contributed by atoms with E-state index >= 15 is 0 Å². The maximum atomic E-state index is 9.06. The van der Waals surface area contributed by atoms with Crippen LogP contribution in [0, 0.1) is 18.5 Å². The van der Waals surface area contributed by atoms with E-state index in [2.05, 4.69) is 74.1 Å². The second-order valence-electron chi connectivity index (χ2n) is 16.5. The van der Waals surface area contributed by atoms with Gasteiger partial charge in [-0.3, -0.25) is 4.57 Å². The molecule has 64 heavy (non-hydrogen) atoms. The molecular formula is C58H40N4OPt-2. The summed E-state index contributed by atoms with van der Waals surface area (Å²) < 4.78 is 99.6. The third-order valence-corrected chi connectivity index (χ3v) is 11.7. The van der Waals surface area contributed by atoms with Gasteiger partial charge in [0.2, 0.25) is 0 Å². The van der Waals surface area contributed by atoms with Gasteiger partial charge in [0.1, 0.15) is 5.82 Å². The summed E-state index contributed by atoms with van der Waals surface area (Å²) >= 11 is 0. The maximum Gasteiger partial charge on any atom is 0.268 e. The first-order valence-corrected chi connectivity index (χ1v) is 20.6. The Morgan fingerprint density at radius 1 is 0.641 bits per heavy atom. The monoisotopic (exact) mass is 1010 g/mol. The van der Waals surface area contributed by atoms with Gasteiger partial charge >= 0.3 is 0 Å². The topological polar surface area (TPSA) is 39.8 Å². The fourth-order valence-electron chi connectivity index (χ4n) is 8.75. The molecule has 12 aromatic rings. The summed E-state index contributed by atoms with van der Waals surface area (Å²) in [6, 6.07) is 40.6. The van der Waals surface area contributed by atoms with Crippen molar-refractivity contribution in [1.82, 2.24) is 14.1 Å². The molecule has 0 radical (unpaired) electrons. The molecule has 0 amide bonds. The smallest absolute Gasteiger partial charge is 0.268 e. The first kappa shape index (κ1) is 29.9. The van der Waals surface area contributed by atoms with Crippen LogP contribution in [0.5, 0.6) is 0 Å². The van der Waals surface area contributed by atoms with Crippen molar-refractivity contribution in [3.05, 3.63) is 212 Å². The Kier molecular flexibility index (Phi) is 7.23. The average molecular weight is 1010 g/mol. The van der Waals surface area contributed by atoms with Crippen molar-refractivity contribution in [2.75, 3.05) is 0 Å². The number of nitrogens with zero attached hydrogens (tertiary/aromatic N) is 4. The molecule has 0 unspecified atom stereocenters. The van der Waals surface area contributed by atoms with Gasteiger partial charge in [-0.15, -0.1) is 47.3 Å². The van der Waals surface area contributed by atoms with Crippen LogP contribution in [0.1, 0.15) is 40.0 Å². The van der Waals surface area contributed by atoms with E-state index in [0.29, 0.717) is 27.9 Å². The molecule has 0 saturated carbocycles. The van der Waals surface area contributed by atoms with Crippen molar-refractivity contribution >= 4 is 54.8 Å². The number of aromatic nitrogens is 4. The molecule has 0 fully saturated rings. The zero-order valence-corrected chi connectivity index (χ0v) is 36.9. The number of benzene rings is 8. The number of rotatable bonds is 6. The molecule has 12 rings (SSSR count). The Morgan fingerprint density at radius 3 is 2.06 bits per heavy atom. The first-order valence-electron chi connectivity index (χ1n) is 25.6. The molecule has 5 nitrogen and oxygen atoms in total. The Hall–Kier alpha value is -7.33. The van der Waals surface area contributed by atoms with E-state index in [1.807, 2.05) is 79.0 Å². The van der Waals surface area contributed by atoms with Crippen LogP contribution < -0.4 is 4.57 Å². The molecule has 0 spiro atoms. The number of hydrogen-bond acceptors (Lipinski definition) is 2. The average Bonchev–Trinajstić information content (AvgIpc) is 4.07. The van der Waals surface area contributed by atoms with E-state index < -0.39 is 60.4 Å². The van der Waals surface area contributed by atoms with Crippen LogP contribution in [-0.2, 0) is 26.5 Å². The van der Waals surface area contributed by atoms with Gasteiger partial charge in [0.25, 0.3) is 6.33 Å². The van der Waals surface area contributed by atoms with Crippen molar-refractivity contribution in [2.45, 2.75) is 26.2 Å². The van der Waals surface area contributed by atoms with Crippen molar-refractivity contribution in [1.29, 1.82) is 0 Å².